The molecule has 2 amide bonds. The Labute approximate surface area is 258 Å². The largest absolute Gasteiger partial charge is 0.397 e. The van der Waals surface area contributed by atoms with Gasteiger partial charge in [-0.05, 0) is 91.8 Å². The minimum atomic E-state index is -3.26. The molecular formula is C33H29BrN4O4S. The molecule has 0 fully saturated rings. The molecule has 0 aliphatic carbocycles. The van der Waals surface area contributed by atoms with Gasteiger partial charge in [0, 0.05) is 16.3 Å². The number of primary amides is 1. The maximum atomic E-state index is 12.1. The number of hydrogen-bond donors (Lipinski definition) is 4. The average molecular weight is 658 g/mol. The van der Waals surface area contributed by atoms with Gasteiger partial charge in [0.1, 0.15) is 0 Å². The first kappa shape index (κ1) is 31.2. The molecule has 0 bridgehead atoms. The fourth-order valence-electron chi connectivity index (χ4n) is 4.32. The Morgan fingerprint density at radius 1 is 0.674 bits per heavy atom. The lowest BCUT2D eigenvalue weighted by Gasteiger charge is -2.10. The van der Waals surface area contributed by atoms with Crippen LogP contribution in [-0.4, -0.2) is 26.5 Å². The predicted octanol–water partition coefficient (Wildman–Crippen LogP) is 5.82. The zero-order chi connectivity index (χ0) is 31.1. The molecule has 0 spiro atoms. The molecule has 0 unspecified atom stereocenters. The number of nitrogens with two attached hydrogens (primary N) is 3. The van der Waals surface area contributed by atoms with E-state index in [0.717, 1.165) is 33.4 Å². The van der Waals surface area contributed by atoms with E-state index in [1.807, 2.05) is 72.8 Å². The number of benzene rings is 5. The molecule has 0 radical (unpaired) electrons. The monoisotopic (exact) mass is 656 g/mol. The van der Waals surface area contributed by atoms with Crippen LogP contribution in [0.25, 0.3) is 33.4 Å². The number of hydrogen-bond acceptors (Lipinski definition) is 6. The lowest BCUT2D eigenvalue weighted by Crippen LogP contribution is -2.30. The molecule has 0 aromatic heterocycles. The van der Waals surface area contributed by atoms with Crippen LogP contribution in [0, 0.1) is 0 Å². The standard InChI is InChI=1S/C20H18N2O3S.C13H11BrN2O/c1-26(24,25)19-9-7-15(8-10-19)17-11-16(14-5-3-2-4-6-14)12-18(13-17)20(23)22-21;14-11-7-9(8-4-2-1-3-5-8)6-10(12(11)15)13(16)17/h2-13H,21H2,1H3,(H,22,23);1-7H,15H2,(H2,16,17). The highest BCUT2D eigenvalue weighted by molar-refractivity contribution is 9.10. The lowest BCUT2D eigenvalue weighted by molar-refractivity contribution is 0.0952. The van der Waals surface area contributed by atoms with E-state index in [2.05, 4.69) is 21.4 Å². The summed E-state index contributed by atoms with van der Waals surface area (Å²) in [6.07, 6.45) is 1.17. The third-order valence-electron chi connectivity index (χ3n) is 6.55. The van der Waals surface area contributed by atoms with Gasteiger partial charge in [0.2, 0.25) is 0 Å². The highest BCUT2D eigenvalue weighted by Crippen LogP contribution is 2.31. The van der Waals surface area contributed by atoms with E-state index in [1.54, 1.807) is 42.5 Å². The van der Waals surface area contributed by atoms with Crippen molar-refractivity contribution >= 4 is 43.3 Å². The number of carbonyl (C=O) groups excluding carboxylic acids is 2. The Kier molecular flexibility index (Phi) is 9.77. The molecule has 0 saturated carbocycles. The van der Waals surface area contributed by atoms with Gasteiger partial charge < -0.3 is 11.5 Å². The lowest BCUT2D eigenvalue weighted by atomic mass is 9.96. The average Bonchev–Trinajstić information content (AvgIpc) is 3.02. The summed E-state index contributed by atoms with van der Waals surface area (Å²) in [6, 6.07) is 35.0. The van der Waals surface area contributed by atoms with Gasteiger partial charge in [-0.1, -0.05) is 72.8 Å². The fraction of sp³-hybridized carbons (Fsp3) is 0.0303. The quantitative estimate of drug-likeness (QED) is 0.0779. The number of amides is 2. The number of hydrazine groups is 1. The topological polar surface area (TPSA) is 158 Å². The summed E-state index contributed by atoms with van der Waals surface area (Å²) in [6.45, 7) is 0. The van der Waals surface area contributed by atoms with Gasteiger partial charge in [-0.15, -0.1) is 0 Å². The molecule has 0 aliphatic heterocycles. The number of carbonyl (C=O) groups is 2. The van der Waals surface area contributed by atoms with Gasteiger partial charge in [-0.25, -0.2) is 14.3 Å². The molecular weight excluding hydrogens is 628 g/mol. The second kappa shape index (κ2) is 13.5. The fourth-order valence-corrected chi connectivity index (χ4v) is 5.41. The molecule has 0 saturated heterocycles. The Morgan fingerprint density at radius 2 is 1.14 bits per heavy atom. The highest BCUT2D eigenvalue weighted by Gasteiger charge is 2.13. The van der Waals surface area contributed by atoms with E-state index in [0.29, 0.717) is 21.3 Å². The van der Waals surface area contributed by atoms with E-state index in [4.69, 9.17) is 17.3 Å². The number of nitrogen functional groups attached to an aromatic ring is 2. The molecule has 5 aromatic rings. The van der Waals surface area contributed by atoms with E-state index in [9.17, 15) is 18.0 Å². The maximum Gasteiger partial charge on any atom is 0.265 e. The van der Waals surface area contributed by atoms with Crippen molar-refractivity contribution in [2.24, 2.45) is 11.6 Å². The number of halogens is 1. The summed E-state index contributed by atoms with van der Waals surface area (Å²) in [5.41, 5.74) is 19.7. The molecule has 5 aromatic carbocycles. The van der Waals surface area contributed by atoms with Crippen LogP contribution >= 0.6 is 15.9 Å². The summed E-state index contributed by atoms with van der Waals surface area (Å²) >= 11 is 3.33. The van der Waals surface area contributed by atoms with E-state index < -0.39 is 21.7 Å². The van der Waals surface area contributed by atoms with Gasteiger partial charge >= 0.3 is 0 Å². The summed E-state index contributed by atoms with van der Waals surface area (Å²) in [5.74, 6) is 4.36. The summed E-state index contributed by atoms with van der Waals surface area (Å²) in [5, 5.41) is 0. The minimum absolute atomic E-state index is 0.250. The first-order valence-corrected chi connectivity index (χ1v) is 15.6. The Hall–Kier alpha value is -4.77. The molecule has 0 aliphatic rings. The smallest absolute Gasteiger partial charge is 0.265 e. The number of rotatable bonds is 6. The van der Waals surface area contributed by atoms with Crippen LogP contribution in [0.2, 0.25) is 0 Å². The van der Waals surface area contributed by atoms with Crippen LogP contribution < -0.4 is 22.7 Å². The van der Waals surface area contributed by atoms with Crippen molar-refractivity contribution < 1.29 is 18.0 Å². The third-order valence-corrected chi connectivity index (χ3v) is 8.34. The number of anilines is 1. The van der Waals surface area contributed by atoms with Crippen LogP contribution in [0.1, 0.15) is 20.7 Å². The predicted molar refractivity (Wildman–Crippen MR) is 175 cm³/mol. The summed E-state index contributed by atoms with van der Waals surface area (Å²) in [7, 11) is -3.26. The Bertz CT molecular complexity index is 1880. The summed E-state index contributed by atoms with van der Waals surface area (Å²) in [4.78, 5) is 23.6. The first-order chi connectivity index (χ1) is 20.5. The third kappa shape index (κ3) is 7.75. The van der Waals surface area contributed by atoms with Crippen LogP contribution in [0.15, 0.2) is 125 Å². The molecule has 0 atom stereocenters. The van der Waals surface area contributed by atoms with Gasteiger partial charge in [-0.3, -0.25) is 15.0 Å². The minimum Gasteiger partial charge on any atom is -0.397 e. The van der Waals surface area contributed by atoms with Gasteiger partial charge in [0.05, 0.1) is 16.1 Å². The van der Waals surface area contributed by atoms with Crippen LogP contribution in [0.5, 0.6) is 0 Å². The van der Waals surface area contributed by atoms with Crippen LogP contribution in [0.3, 0.4) is 0 Å². The molecule has 5 rings (SSSR count). The highest BCUT2D eigenvalue weighted by atomic mass is 79.9. The van der Waals surface area contributed by atoms with Gasteiger partial charge in [-0.2, -0.15) is 0 Å². The van der Waals surface area contributed by atoms with Crippen molar-refractivity contribution in [1.29, 1.82) is 0 Å². The molecule has 43 heavy (non-hydrogen) atoms. The zero-order valence-corrected chi connectivity index (χ0v) is 25.5. The second-order valence-corrected chi connectivity index (χ2v) is 12.5. The van der Waals surface area contributed by atoms with E-state index in [-0.39, 0.29) is 4.90 Å². The molecule has 218 valence electrons. The molecule has 0 heterocycles. The van der Waals surface area contributed by atoms with Crippen molar-refractivity contribution in [2.45, 2.75) is 4.90 Å². The van der Waals surface area contributed by atoms with Crippen molar-refractivity contribution in [2.75, 3.05) is 12.0 Å². The zero-order valence-electron chi connectivity index (χ0n) is 23.1. The van der Waals surface area contributed by atoms with Gasteiger partial charge in [0.15, 0.2) is 9.84 Å². The van der Waals surface area contributed by atoms with Crippen molar-refractivity contribution in [3.8, 4) is 33.4 Å². The van der Waals surface area contributed by atoms with Crippen molar-refractivity contribution in [1.82, 2.24) is 5.43 Å². The first-order valence-electron chi connectivity index (χ1n) is 12.9. The van der Waals surface area contributed by atoms with Gasteiger partial charge in [0.25, 0.3) is 11.8 Å². The molecule has 8 nitrogen and oxygen atoms in total. The summed E-state index contributed by atoms with van der Waals surface area (Å²) < 4.78 is 23.9. The normalized spacial score (nSPS) is 10.8. The van der Waals surface area contributed by atoms with Crippen LogP contribution in [-0.2, 0) is 9.84 Å². The van der Waals surface area contributed by atoms with E-state index >= 15 is 0 Å². The maximum absolute atomic E-state index is 12.1. The Morgan fingerprint density at radius 3 is 1.58 bits per heavy atom. The Balaban J connectivity index is 0.000000215. The van der Waals surface area contributed by atoms with E-state index in [1.165, 1.54) is 6.26 Å². The van der Waals surface area contributed by atoms with Crippen molar-refractivity contribution in [3.05, 3.63) is 131 Å². The number of sulfone groups is 1. The number of nitrogens with one attached hydrogen (secondary N) is 1. The van der Waals surface area contributed by atoms with Crippen molar-refractivity contribution in [3.63, 3.8) is 0 Å². The SMILES string of the molecule is CS(=O)(=O)c1ccc(-c2cc(C(=O)NN)cc(-c3ccccc3)c2)cc1.NC(=O)c1cc(-c2ccccc2)cc(Br)c1N. The molecule has 10 heteroatoms. The van der Waals surface area contributed by atoms with Crippen LogP contribution in [0.4, 0.5) is 5.69 Å². The second-order valence-electron chi connectivity index (χ2n) is 9.58. The molecule has 7 N–H and O–H groups in total.